The number of carbonyl (C=O) groups is 3. The third-order valence-corrected chi connectivity index (χ3v) is 15.2. The molecule has 0 aromatic carbocycles. The average molecular weight is 1110 g/mol. The van der Waals surface area contributed by atoms with Crippen LogP contribution in [0.15, 0.2) is 24.8 Å². The summed E-state index contributed by atoms with van der Waals surface area (Å²) in [5.41, 5.74) is 4.25. The Labute approximate surface area is 419 Å². The molecule has 0 radical (unpaired) electrons. The van der Waals surface area contributed by atoms with Crippen molar-refractivity contribution in [2.45, 2.75) is 147 Å². The first-order valence-electron chi connectivity index (χ1n) is 23.1. The van der Waals surface area contributed by atoms with Crippen LogP contribution in [0.25, 0.3) is 11.2 Å². The number of aliphatic hydroxyl groups is 4. The van der Waals surface area contributed by atoms with Gasteiger partial charge in [-0.3, -0.25) is 32.5 Å². The Morgan fingerprint density at radius 1 is 0.931 bits per heavy atom. The van der Waals surface area contributed by atoms with Crippen LogP contribution in [-0.4, -0.2) is 164 Å². The number of thioether (sulfide) groups is 1. The van der Waals surface area contributed by atoms with Crippen molar-refractivity contribution in [1.82, 2.24) is 30.2 Å². The normalized spacial score (nSPS) is 25.0. The molecule has 4 heterocycles. The number of hydrogen-bond acceptors (Lipinski definition) is 22. The molecular weight excluding hydrogens is 1040 g/mol. The van der Waals surface area contributed by atoms with Gasteiger partial charge in [0.25, 0.3) is 0 Å². The van der Waals surface area contributed by atoms with E-state index in [-0.39, 0.29) is 54.1 Å². The number of imidazole rings is 1. The van der Waals surface area contributed by atoms with E-state index >= 15 is 0 Å². The van der Waals surface area contributed by atoms with Crippen molar-refractivity contribution in [2.24, 2.45) is 5.41 Å². The zero-order valence-corrected chi connectivity index (χ0v) is 43.5. The van der Waals surface area contributed by atoms with Gasteiger partial charge >= 0.3 is 23.5 Å². The molecule has 11 atom stereocenters. The van der Waals surface area contributed by atoms with Gasteiger partial charge < -0.3 is 70.6 Å². The van der Waals surface area contributed by atoms with E-state index in [1.807, 2.05) is 6.08 Å². The van der Waals surface area contributed by atoms with Crippen LogP contribution in [0.3, 0.4) is 0 Å². The summed E-state index contributed by atoms with van der Waals surface area (Å²) >= 11 is 1.04. The summed E-state index contributed by atoms with van der Waals surface area (Å²) < 4.78 is 73.6. The van der Waals surface area contributed by atoms with Crippen molar-refractivity contribution in [3.05, 3.63) is 24.8 Å². The van der Waals surface area contributed by atoms with Crippen molar-refractivity contribution >= 4 is 69.1 Å². The minimum absolute atomic E-state index is 0.0253. The van der Waals surface area contributed by atoms with Crippen molar-refractivity contribution in [3.63, 3.8) is 0 Å². The molecule has 2 aromatic rings. The second-order valence-electron chi connectivity index (χ2n) is 17.7. The number of rotatable bonds is 32. The number of nitrogen functional groups attached to an aromatic ring is 1. The molecule has 2 unspecified atom stereocenters. The van der Waals surface area contributed by atoms with E-state index in [4.69, 9.17) is 29.0 Å². The first-order valence-corrected chi connectivity index (χ1v) is 28.7. The quantitative estimate of drug-likeness (QED) is 0.0281. The van der Waals surface area contributed by atoms with E-state index in [2.05, 4.69) is 34.4 Å². The Bertz CT molecular complexity index is 2240. The number of phosphoric ester groups is 3. The maximum absolute atomic E-state index is 12.8. The first-order chi connectivity index (χ1) is 33.8. The number of phosphoric acid groups is 3. The predicted octanol–water partition coefficient (Wildman–Crippen LogP) is 1.61. The molecule has 72 heavy (non-hydrogen) atoms. The summed E-state index contributed by atoms with van der Waals surface area (Å²) in [5, 5.41) is 46.1. The molecule has 2 amide bonds. The summed E-state index contributed by atoms with van der Waals surface area (Å²) in [6.07, 6.45) is 3.11. The molecule has 0 saturated carbocycles. The largest absolute Gasteiger partial charge is 0.481 e. The van der Waals surface area contributed by atoms with Crippen molar-refractivity contribution in [3.8, 4) is 0 Å². The molecule has 2 saturated heterocycles. The maximum atomic E-state index is 12.8. The minimum Gasteiger partial charge on any atom is -0.390 e. The number of nitrogens with two attached hydrogens (primary N) is 1. The van der Waals surface area contributed by atoms with Gasteiger partial charge in [-0.15, -0.1) is 0 Å². The highest BCUT2D eigenvalue weighted by atomic mass is 32.2. The summed E-state index contributed by atoms with van der Waals surface area (Å²) in [7, 11) is -16.5. The monoisotopic (exact) mass is 1110 g/mol. The van der Waals surface area contributed by atoms with Gasteiger partial charge in [-0.1, -0.05) is 70.2 Å². The van der Waals surface area contributed by atoms with Gasteiger partial charge in [0.15, 0.2) is 24.0 Å². The lowest BCUT2D eigenvalue weighted by Gasteiger charge is -2.35. The minimum atomic E-state index is -5.59. The number of hydrogen-bond donors (Lipinski definition) is 11. The molecule has 0 aliphatic carbocycles. The van der Waals surface area contributed by atoms with E-state index in [1.54, 1.807) is 6.92 Å². The van der Waals surface area contributed by atoms with E-state index < -0.39 is 103 Å². The van der Waals surface area contributed by atoms with Gasteiger partial charge in [0.05, 0.1) is 31.7 Å². The van der Waals surface area contributed by atoms with Gasteiger partial charge in [0, 0.05) is 43.7 Å². The number of ether oxygens (including phenoxy) is 3. The number of fused-ring (bicyclic) bond motifs is 1. The zero-order valence-electron chi connectivity index (χ0n) is 40.0. The SMILES string of the molecule is C[C@@H]1O[C@@H](OCCCCCCCCCC/C=C/C(=O)SCCNC(=O)CCNC(=O)[C@H](O)C(C)(C)COP(=O)(O)OP(=O)(O)OC[C@H]2O[C@@H](n3cnc4c(N)ncnc43)[C@H](O)[C@@H]2OP(=O)(O)O)[C@H](O)C[C@H]1O. The van der Waals surface area contributed by atoms with Crippen molar-refractivity contribution in [2.75, 3.05) is 44.4 Å². The molecule has 2 fully saturated rings. The van der Waals surface area contributed by atoms with Crippen LogP contribution in [0.4, 0.5) is 5.82 Å². The smallest absolute Gasteiger partial charge is 0.390 e. The Kier molecular flexibility index (Phi) is 24.7. The lowest BCUT2D eigenvalue weighted by atomic mass is 9.87. The topological polar surface area (TPSA) is 423 Å². The Balaban J connectivity index is 1.04. The average Bonchev–Trinajstić information content (AvgIpc) is 3.86. The zero-order chi connectivity index (χ0) is 53.3. The third kappa shape index (κ3) is 20.7. The summed E-state index contributed by atoms with van der Waals surface area (Å²) in [6, 6.07) is 0. The van der Waals surface area contributed by atoms with Crippen LogP contribution in [0.5, 0.6) is 0 Å². The van der Waals surface area contributed by atoms with Crippen LogP contribution in [0.2, 0.25) is 0 Å². The molecule has 410 valence electrons. The number of nitrogens with one attached hydrogen (secondary N) is 2. The molecular formula is C40H68N7O21P3S. The van der Waals surface area contributed by atoms with Crippen molar-refractivity contribution in [1.29, 1.82) is 0 Å². The summed E-state index contributed by atoms with van der Waals surface area (Å²) in [4.78, 5) is 88.4. The maximum Gasteiger partial charge on any atom is 0.481 e. The number of allylic oxidation sites excluding steroid dienone is 1. The van der Waals surface area contributed by atoms with Crippen molar-refractivity contribution < 1.29 is 100 Å². The summed E-state index contributed by atoms with van der Waals surface area (Å²) in [6.45, 7) is 2.67. The fourth-order valence-electron chi connectivity index (χ4n) is 7.23. The lowest BCUT2D eigenvalue weighted by molar-refractivity contribution is -0.261. The molecule has 28 nitrogen and oxygen atoms in total. The van der Waals surface area contributed by atoms with Gasteiger partial charge in [0.2, 0.25) is 16.9 Å². The van der Waals surface area contributed by atoms with Crippen LogP contribution < -0.4 is 16.4 Å². The van der Waals surface area contributed by atoms with E-state index in [9.17, 15) is 68.1 Å². The Morgan fingerprint density at radius 2 is 1.60 bits per heavy atom. The fraction of sp³-hybridized carbons (Fsp3) is 0.750. The van der Waals surface area contributed by atoms with Crippen LogP contribution in [-0.2, 0) is 60.2 Å². The highest BCUT2D eigenvalue weighted by molar-refractivity contribution is 8.14. The van der Waals surface area contributed by atoms with E-state index in [0.29, 0.717) is 12.4 Å². The molecule has 0 bridgehead atoms. The van der Waals surface area contributed by atoms with E-state index in [1.165, 1.54) is 19.9 Å². The fourth-order valence-corrected chi connectivity index (χ4v) is 10.7. The number of nitrogens with zero attached hydrogens (tertiary/aromatic N) is 4. The molecule has 2 aliphatic rings. The molecule has 2 aliphatic heterocycles. The second kappa shape index (κ2) is 28.9. The summed E-state index contributed by atoms with van der Waals surface area (Å²) in [5.74, 6) is -1.18. The molecule has 32 heteroatoms. The highest BCUT2D eigenvalue weighted by Crippen LogP contribution is 2.61. The number of unbranched alkanes of at least 4 members (excludes halogenated alkanes) is 8. The van der Waals surface area contributed by atoms with E-state index in [0.717, 1.165) is 86.8 Å². The van der Waals surface area contributed by atoms with Crippen LogP contribution in [0, 0.1) is 5.41 Å². The first kappa shape index (κ1) is 61.7. The van der Waals surface area contributed by atoms with Gasteiger partial charge in [0.1, 0.15) is 42.4 Å². The lowest BCUT2D eigenvalue weighted by Crippen LogP contribution is -2.47. The predicted molar refractivity (Wildman–Crippen MR) is 255 cm³/mol. The molecule has 2 aromatic heterocycles. The second-order valence-corrected chi connectivity index (χ2v) is 23.0. The standard InChI is InChI=1S/C40H68N7O21P3S/c1-25-26(48)20-27(49)39(65-25)62-18-13-11-9-7-5-4-6-8-10-12-14-30(51)72-19-17-42-29(50)15-16-43-37(54)34(53)40(2,3)22-64-71(60,61)68-70(58,59)63-21-28-33(67-69(55,56)57)32(52)38(66-28)47-24-46-31-35(41)44-23-45-36(31)47/h12,14,23-28,32-34,38-39,48-49,52-53H,4-11,13,15-22H2,1-3H3,(H,42,50)(H,43,54)(H,58,59)(H,60,61)(H2,41,44,45)(H2,55,56,57)/b14-12+/t25-,26+,27+,28+,32+,33+,34-,38+,39+/m0/s1. The highest BCUT2D eigenvalue weighted by Gasteiger charge is 2.50. The number of anilines is 1. The molecule has 0 spiro atoms. The van der Waals surface area contributed by atoms with Gasteiger partial charge in [-0.05, 0) is 32.3 Å². The number of aromatic nitrogens is 4. The third-order valence-electron chi connectivity index (χ3n) is 11.2. The van der Waals surface area contributed by atoms with Gasteiger partial charge in [-0.2, -0.15) is 4.31 Å². The van der Waals surface area contributed by atoms with Crippen LogP contribution >= 0.6 is 35.2 Å². The van der Waals surface area contributed by atoms with Gasteiger partial charge in [-0.25, -0.2) is 28.6 Å². The number of amides is 2. The van der Waals surface area contributed by atoms with Crippen LogP contribution in [0.1, 0.15) is 97.6 Å². The number of aliphatic hydroxyl groups excluding tert-OH is 4. The molecule has 12 N–H and O–H groups in total. The Morgan fingerprint density at radius 3 is 2.29 bits per heavy atom. The Hall–Kier alpha value is -2.86. The molecule has 4 rings (SSSR count). The number of carbonyl (C=O) groups excluding carboxylic acids is 3.